The van der Waals surface area contributed by atoms with Crippen LogP contribution in [0.5, 0.6) is 0 Å². The highest BCUT2D eigenvalue weighted by molar-refractivity contribution is 7.98. The van der Waals surface area contributed by atoms with E-state index in [1.54, 1.807) is 6.26 Å². The Kier molecular flexibility index (Phi) is 6.30. The lowest BCUT2D eigenvalue weighted by Crippen LogP contribution is -2.40. The topological polar surface area (TPSA) is 115 Å². The fraction of sp³-hybridized carbons (Fsp3) is 0.550. The van der Waals surface area contributed by atoms with Gasteiger partial charge in [0.2, 0.25) is 17.8 Å². The van der Waals surface area contributed by atoms with Crippen LogP contribution in [0.15, 0.2) is 28.0 Å². The first kappa shape index (κ1) is 21.4. The Labute approximate surface area is 186 Å². The summed E-state index contributed by atoms with van der Waals surface area (Å²) in [7, 11) is 3.75. The molecule has 0 aromatic carbocycles. The molecule has 11 heteroatoms. The van der Waals surface area contributed by atoms with Crippen molar-refractivity contribution in [2.24, 2.45) is 11.8 Å². The van der Waals surface area contributed by atoms with E-state index in [1.165, 1.54) is 18.2 Å². The van der Waals surface area contributed by atoms with Gasteiger partial charge >= 0.3 is 0 Å². The molecule has 4 heterocycles. The molecular weight excluding hydrogens is 414 g/mol. The first-order chi connectivity index (χ1) is 14.9. The number of hydrogen-bond acceptors (Lipinski definition) is 10. The molecular formula is C20H29N9OS. The highest BCUT2D eigenvalue weighted by atomic mass is 32.2. The number of nitrogens with zero attached hydrogens (tertiary/aromatic N) is 8. The molecule has 1 fully saturated rings. The molecule has 1 saturated heterocycles. The third kappa shape index (κ3) is 5.09. The summed E-state index contributed by atoms with van der Waals surface area (Å²) in [6, 6.07) is 3.86. The molecule has 10 nitrogen and oxygen atoms in total. The minimum atomic E-state index is 0.211. The number of anilines is 3. The SMILES string of the molecule is CC1CC(C)CN(c2nnc(SCc3nc(N)nc(N(C)C)n3)n2Cc2ccco2)C1. The fourth-order valence-corrected chi connectivity index (χ4v) is 4.75. The van der Waals surface area contributed by atoms with Gasteiger partial charge in [0.05, 0.1) is 18.6 Å². The van der Waals surface area contributed by atoms with Crippen molar-refractivity contribution >= 4 is 29.6 Å². The van der Waals surface area contributed by atoms with Crippen molar-refractivity contribution in [2.75, 3.05) is 42.7 Å². The van der Waals surface area contributed by atoms with Crippen LogP contribution in [0.25, 0.3) is 0 Å². The van der Waals surface area contributed by atoms with Gasteiger partial charge in [-0.2, -0.15) is 15.0 Å². The summed E-state index contributed by atoms with van der Waals surface area (Å²) in [4.78, 5) is 17.1. The van der Waals surface area contributed by atoms with Gasteiger partial charge in [-0.3, -0.25) is 4.57 Å². The summed E-state index contributed by atoms with van der Waals surface area (Å²) in [5, 5.41) is 9.85. The van der Waals surface area contributed by atoms with Crippen LogP contribution in [-0.2, 0) is 12.3 Å². The Balaban J connectivity index is 1.59. The molecule has 1 aliphatic heterocycles. The van der Waals surface area contributed by atoms with E-state index in [0.29, 0.717) is 35.9 Å². The Hall–Kier alpha value is -2.82. The van der Waals surface area contributed by atoms with E-state index in [-0.39, 0.29) is 5.95 Å². The van der Waals surface area contributed by atoms with E-state index in [4.69, 9.17) is 10.2 Å². The number of rotatable bonds is 7. The molecule has 0 amide bonds. The molecule has 0 spiro atoms. The normalized spacial score (nSPS) is 19.0. The summed E-state index contributed by atoms with van der Waals surface area (Å²) >= 11 is 1.53. The fourth-order valence-electron chi connectivity index (χ4n) is 3.96. The zero-order valence-electron chi connectivity index (χ0n) is 18.4. The smallest absolute Gasteiger partial charge is 0.229 e. The minimum absolute atomic E-state index is 0.211. The number of nitrogens with two attached hydrogens (primary N) is 1. The summed E-state index contributed by atoms with van der Waals surface area (Å²) in [6.07, 6.45) is 2.92. The molecule has 2 N–H and O–H groups in total. The van der Waals surface area contributed by atoms with Crippen molar-refractivity contribution in [3.63, 3.8) is 0 Å². The van der Waals surface area contributed by atoms with Gasteiger partial charge in [-0.15, -0.1) is 10.2 Å². The first-order valence-electron chi connectivity index (χ1n) is 10.4. The van der Waals surface area contributed by atoms with Crippen LogP contribution in [0.3, 0.4) is 0 Å². The first-order valence-corrected chi connectivity index (χ1v) is 11.4. The number of aromatic nitrogens is 6. The molecule has 166 valence electrons. The maximum atomic E-state index is 5.86. The molecule has 31 heavy (non-hydrogen) atoms. The van der Waals surface area contributed by atoms with Gasteiger partial charge in [-0.1, -0.05) is 25.6 Å². The van der Waals surface area contributed by atoms with Crippen molar-refractivity contribution in [1.29, 1.82) is 0 Å². The largest absolute Gasteiger partial charge is 0.467 e. The van der Waals surface area contributed by atoms with E-state index >= 15 is 0 Å². The zero-order chi connectivity index (χ0) is 22.0. The monoisotopic (exact) mass is 443 g/mol. The van der Waals surface area contributed by atoms with Crippen LogP contribution in [-0.4, -0.2) is 56.9 Å². The molecule has 0 saturated carbocycles. The Morgan fingerprint density at radius 3 is 2.61 bits per heavy atom. The van der Waals surface area contributed by atoms with Crippen LogP contribution >= 0.6 is 11.8 Å². The lowest BCUT2D eigenvalue weighted by molar-refractivity contribution is 0.350. The molecule has 0 aliphatic carbocycles. The van der Waals surface area contributed by atoms with Crippen molar-refractivity contribution in [1.82, 2.24) is 29.7 Å². The lowest BCUT2D eigenvalue weighted by Gasteiger charge is -2.35. The average molecular weight is 444 g/mol. The molecule has 1 aliphatic rings. The van der Waals surface area contributed by atoms with E-state index in [2.05, 4.69) is 48.5 Å². The van der Waals surface area contributed by atoms with Crippen LogP contribution in [0, 0.1) is 11.8 Å². The van der Waals surface area contributed by atoms with E-state index < -0.39 is 0 Å². The Morgan fingerprint density at radius 1 is 1.16 bits per heavy atom. The number of nitrogen functional groups attached to an aromatic ring is 1. The van der Waals surface area contributed by atoms with Crippen LogP contribution in [0.1, 0.15) is 31.9 Å². The standard InChI is InChI=1S/C20H29N9OS/c1-13-8-14(2)10-28(9-13)19-25-26-20(29(19)11-15-6-5-7-30-15)31-12-16-22-17(21)24-18(23-16)27(3)4/h5-7,13-14H,8-12H2,1-4H3,(H2,21,22,23,24). The second kappa shape index (κ2) is 9.13. The highest BCUT2D eigenvalue weighted by Crippen LogP contribution is 2.30. The number of piperidine rings is 1. The molecule has 2 atom stereocenters. The number of thioether (sulfide) groups is 1. The number of hydrogen-bond donors (Lipinski definition) is 1. The van der Waals surface area contributed by atoms with Crippen molar-refractivity contribution in [3.05, 3.63) is 30.0 Å². The molecule has 2 unspecified atom stereocenters. The van der Waals surface area contributed by atoms with E-state index in [1.807, 2.05) is 31.1 Å². The van der Waals surface area contributed by atoms with Gasteiger partial charge in [-0.05, 0) is 30.4 Å². The molecule has 3 aromatic rings. The molecule has 0 bridgehead atoms. The zero-order valence-corrected chi connectivity index (χ0v) is 19.2. The summed E-state index contributed by atoms with van der Waals surface area (Å²) in [6.45, 7) is 7.10. The molecule has 3 aromatic heterocycles. The van der Waals surface area contributed by atoms with E-state index in [0.717, 1.165) is 30.0 Å². The van der Waals surface area contributed by atoms with Gasteiger partial charge < -0.3 is 20.0 Å². The van der Waals surface area contributed by atoms with Gasteiger partial charge in [0, 0.05) is 27.2 Å². The van der Waals surface area contributed by atoms with Crippen LogP contribution in [0.2, 0.25) is 0 Å². The second-order valence-corrected chi connectivity index (χ2v) is 9.33. The maximum Gasteiger partial charge on any atom is 0.229 e. The molecule has 4 rings (SSSR count). The number of furan rings is 1. The van der Waals surface area contributed by atoms with Gasteiger partial charge in [-0.25, -0.2) is 0 Å². The predicted octanol–water partition coefficient (Wildman–Crippen LogP) is 2.53. The van der Waals surface area contributed by atoms with Crippen molar-refractivity contribution < 1.29 is 4.42 Å². The predicted molar refractivity (Wildman–Crippen MR) is 121 cm³/mol. The summed E-state index contributed by atoms with van der Waals surface area (Å²) < 4.78 is 7.72. The summed E-state index contributed by atoms with van der Waals surface area (Å²) in [5.74, 6) is 4.84. The van der Waals surface area contributed by atoms with E-state index in [9.17, 15) is 0 Å². The van der Waals surface area contributed by atoms with Gasteiger partial charge in [0.25, 0.3) is 0 Å². The lowest BCUT2D eigenvalue weighted by atomic mass is 9.92. The Morgan fingerprint density at radius 2 is 1.94 bits per heavy atom. The van der Waals surface area contributed by atoms with Gasteiger partial charge in [0.1, 0.15) is 11.6 Å². The van der Waals surface area contributed by atoms with Crippen LogP contribution < -0.4 is 15.5 Å². The van der Waals surface area contributed by atoms with Crippen molar-refractivity contribution in [3.8, 4) is 0 Å². The highest BCUT2D eigenvalue weighted by Gasteiger charge is 2.27. The van der Waals surface area contributed by atoms with Crippen molar-refractivity contribution in [2.45, 2.75) is 37.7 Å². The van der Waals surface area contributed by atoms with Gasteiger partial charge in [0.15, 0.2) is 5.16 Å². The third-order valence-electron chi connectivity index (χ3n) is 5.16. The average Bonchev–Trinajstić information content (AvgIpc) is 3.35. The third-order valence-corrected chi connectivity index (χ3v) is 6.12. The minimum Gasteiger partial charge on any atom is -0.467 e. The summed E-state index contributed by atoms with van der Waals surface area (Å²) in [5.41, 5.74) is 5.86. The quantitative estimate of drug-likeness (QED) is 0.546. The molecule has 0 radical (unpaired) electrons. The Bertz CT molecular complexity index is 994. The maximum absolute atomic E-state index is 5.86. The second-order valence-electron chi connectivity index (χ2n) is 8.39. The van der Waals surface area contributed by atoms with Crippen LogP contribution in [0.4, 0.5) is 17.8 Å².